The quantitative estimate of drug-likeness (QED) is 0.575. The summed E-state index contributed by atoms with van der Waals surface area (Å²) < 4.78 is 0.501. The molecule has 0 unspecified atom stereocenters. The Morgan fingerprint density at radius 3 is 2.73 bits per heavy atom. The van der Waals surface area contributed by atoms with Gasteiger partial charge in [-0.1, -0.05) is 6.07 Å². The van der Waals surface area contributed by atoms with Crippen LogP contribution in [0.1, 0.15) is 26.4 Å². The summed E-state index contributed by atoms with van der Waals surface area (Å²) in [5.41, 5.74) is 6.08. The molecule has 0 fully saturated rings. The number of carboxylic acids is 1. The van der Waals surface area contributed by atoms with Crippen molar-refractivity contribution in [1.29, 1.82) is 0 Å². The van der Waals surface area contributed by atoms with E-state index in [1.54, 1.807) is 24.4 Å². The predicted molar refractivity (Wildman–Crippen MR) is 85.2 cm³/mol. The van der Waals surface area contributed by atoms with Crippen LogP contribution in [0.15, 0.2) is 53.4 Å². The molecule has 1 heterocycles. The van der Waals surface area contributed by atoms with Gasteiger partial charge in [-0.3, -0.25) is 9.78 Å². The van der Waals surface area contributed by atoms with E-state index in [9.17, 15) is 9.59 Å². The van der Waals surface area contributed by atoms with Gasteiger partial charge in [0.25, 0.3) is 0 Å². The van der Waals surface area contributed by atoms with Gasteiger partial charge < -0.3 is 15.8 Å². The third-order valence-corrected chi connectivity index (χ3v) is 3.18. The van der Waals surface area contributed by atoms with Gasteiger partial charge in [-0.15, -0.1) is 0 Å². The molecule has 0 amide bonds. The van der Waals surface area contributed by atoms with Crippen LogP contribution in [0.4, 0.5) is 5.69 Å². The van der Waals surface area contributed by atoms with Crippen molar-refractivity contribution in [1.82, 2.24) is 9.97 Å². The van der Waals surface area contributed by atoms with Crippen molar-refractivity contribution in [2.24, 2.45) is 0 Å². The largest absolute Gasteiger partial charge is 0.478 e. The van der Waals surface area contributed by atoms with Crippen LogP contribution in [0.25, 0.3) is 0 Å². The number of aromatic amines is 1. The second kappa shape index (κ2) is 6.86. The summed E-state index contributed by atoms with van der Waals surface area (Å²) in [6.45, 7) is 0. The van der Waals surface area contributed by atoms with Crippen LogP contribution in [0.2, 0.25) is 0 Å². The lowest BCUT2D eigenvalue weighted by Gasteiger charge is -2.04. The highest BCUT2D eigenvalue weighted by Crippen LogP contribution is 2.17. The fourth-order valence-corrected chi connectivity index (χ4v) is 2.06. The summed E-state index contributed by atoms with van der Waals surface area (Å²) >= 11 is 3.24. The molecular formula is C15H12BrN3O3. The van der Waals surface area contributed by atoms with Crippen LogP contribution in [0, 0.1) is 0 Å². The van der Waals surface area contributed by atoms with E-state index >= 15 is 0 Å². The number of ketones is 1. The number of carboxylic acid groups (broad SMARTS) is 1. The minimum absolute atomic E-state index is 0.106. The zero-order chi connectivity index (χ0) is 16.1. The van der Waals surface area contributed by atoms with E-state index in [-0.39, 0.29) is 28.3 Å². The molecule has 0 bridgehead atoms. The molecule has 0 spiro atoms. The average Bonchev–Trinajstić information content (AvgIpc) is 2.58. The number of halogens is 1. The summed E-state index contributed by atoms with van der Waals surface area (Å²) in [7, 11) is 0. The molecule has 1 aromatic carbocycles. The van der Waals surface area contributed by atoms with E-state index in [0.717, 1.165) is 0 Å². The fraction of sp³-hybridized carbons (Fsp3) is 0. The normalized spacial score (nSPS) is 9.86. The Balaban J connectivity index is 2.54. The molecule has 4 N–H and O–H groups in total. The Hall–Kier alpha value is -2.67. The summed E-state index contributed by atoms with van der Waals surface area (Å²) in [6, 6.07) is 9.03. The van der Waals surface area contributed by atoms with Crippen molar-refractivity contribution >= 4 is 33.4 Å². The Morgan fingerprint density at radius 2 is 2.00 bits per heavy atom. The number of carbonyl (C=O) groups is 2. The highest BCUT2D eigenvalue weighted by Gasteiger charge is 2.14. The molecule has 0 atom stereocenters. The second-order valence-corrected chi connectivity index (χ2v) is 5.16. The van der Waals surface area contributed by atoms with Crippen LogP contribution < -0.4 is 5.73 Å². The third kappa shape index (κ3) is 3.70. The number of nitrogen functional groups attached to an aromatic ring is 1. The highest BCUT2D eigenvalue weighted by molar-refractivity contribution is 9.10. The van der Waals surface area contributed by atoms with Crippen molar-refractivity contribution in [2.75, 3.05) is 5.73 Å². The molecule has 0 aliphatic carbocycles. The maximum atomic E-state index is 12.5. The van der Waals surface area contributed by atoms with Gasteiger partial charge in [-0.05, 0) is 46.3 Å². The molecule has 0 aliphatic heterocycles. The predicted octanol–water partition coefficient (Wildman–Crippen LogP) is 2.81. The van der Waals surface area contributed by atoms with Gasteiger partial charge in [-0.25, -0.2) is 4.79 Å². The van der Waals surface area contributed by atoms with Gasteiger partial charge in [0.15, 0.2) is 0 Å². The van der Waals surface area contributed by atoms with E-state index in [4.69, 9.17) is 10.8 Å². The Kier molecular flexibility index (Phi) is 4.90. The number of anilines is 1. The Bertz CT molecular complexity index is 785. The van der Waals surface area contributed by atoms with Crippen molar-refractivity contribution in [3.05, 3.63) is 70.2 Å². The van der Waals surface area contributed by atoms with Crippen molar-refractivity contribution < 1.29 is 14.7 Å². The zero-order valence-corrected chi connectivity index (χ0v) is 12.9. The number of rotatable bonds is 3. The number of H-pyrrole nitrogens is 1. The van der Waals surface area contributed by atoms with Crippen molar-refractivity contribution in [2.45, 2.75) is 0 Å². The number of nitrogens with two attached hydrogens (primary N) is 1. The third-order valence-electron chi connectivity index (χ3n) is 2.78. The van der Waals surface area contributed by atoms with E-state index in [2.05, 4.69) is 25.9 Å². The van der Waals surface area contributed by atoms with Gasteiger partial charge in [0.05, 0.1) is 17.5 Å². The van der Waals surface area contributed by atoms with Crippen LogP contribution in [0.5, 0.6) is 0 Å². The molecule has 2 rings (SSSR count). The monoisotopic (exact) mass is 361 g/mol. The van der Waals surface area contributed by atoms with E-state index in [1.807, 2.05) is 0 Å². The van der Waals surface area contributed by atoms with Gasteiger partial charge in [0, 0.05) is 17.4 Å². The van der Waals surface area contributed by atoms with Crippen molar-refractivity contribution in [3.8, 4) is 0 Å². The summed E-state index contributed by atoms with van der Waals surface area (Å²) in [5.74, 6) is -1.54. The first-order valence-electron chi connectivity index (χ1n) is 6.19. The lowest BCUT2D eigenvalue weighted by molar-refractivity contribution is 0.0698. The number of benzene rings is 1. The van der Waals surface area contributed by atoms with E-state index in [1.165, 1.54) is 24.4 Å². The molecule has 0 aliphatic rings. The van der Waals surface area contributed by atoms with E-state index in [0.29, 0.717) is 4.60 Å². The molecule has 22 heavy (non-hydrogen) atoms. The highest BCUT2D eigenvalue weighted by atomic mass is 79.9. The number of carbonyl (C=O) groups excluding carboxylic acids is 1. The average molecular weight is 362 g/mol. The molecule has 0 saturated heterocycles. The summed E-state index contributed by atoms with van der Waals surface area (Å²) in [5, 5.41) is 9.08. The first-order chi connectivity index (χ1) is 10.5. The molecule has 6 nitrogen and oxygen atoms in total. The number of hydrogen-bond acceptors (Lipinski definition) is 4. The minimum atomic E-state index is -1.18. The zero-order valence-electron chi connectivity index (χ0n) is 11.3. The number of hydrogen-bond donors (Lipinski definition) is 3. The molecule has 1 aromatic heterocycles. The Morgan fingerprint density at radius 1 is 1.23 bits per heavy atom. The molecular weight excluding hydrogens is 350 g/mol. The van der Waals surface area contributed by atoms with Crippen LogP contribution in [-0.2, 0) is 0 Å². The van der Waals surface area contributed by atoms with Gasteiger partial charge in [-0.2, -0.15) is 0 Å². The van der Waals surface area contributed by atoms with Crippen LogP contribution >= 0.6 is 15.9 Å². The SMILES string of the molecule is Nc1ccc(C(=O)c2ccccncc(Br)[nH]2)cc1C(=O)O. The topological polar surface area (TPSA) is 109 Å². The lowest BCUT2D eigenvalue weighted by atomic mass is 10.0. The number of aromatic nitrogens is 2. The molecule has 0 saturated carbocycles. The van der Waals surface area contributed by atoms with Gasteiger partial charge in [0.1, 0.15) is 4.60 Å². The smallest absolute Gasteiger partial charge is 0.337 e. The first kappa shape index (κ1) is 15.7. The Labute approximate surface area is 134 Å². The standard InChI is InChI=1S/C15H12BrN3O3/c16-13-8-18-6-2-1-3-12(19-13)14(20)9-4-5-11(17)10(7-9)15(21)22/h1-8,19H,17H2,(H,21,22). The maximum absolute atomic E-state index is 12.5. The minimum Gasteiger partial charge on any atom is -0.478 e. The van der Waals surface area contributed by atoms with E-state index < -0.39 is 5.97 Å². The molecule has 7 heteroatoms. The lowest BCUT2D eigenvalue weighted by Crippen LogP contribution is -2.08. The number of nitrogens with one attached hydrogen (secondary N) is 1. The summed E-state index contributed by atoms with van der Waals surface area (Å²) in [6.07, 6.45) is 3.07. The molecule has 112 valence electrons. The molecule has 0 radical (unpaired) electrons. The number of aromatic carboxylic acids is 1. The summed E-state index contributed by atoms with van der Waals surface area (Å²) in [4.78, 5) is 30.5. The number of nitrogens with zero attached hydrogens (tertiary/aromatic N) is 1. The second-order valence-electron chi connectivity index (χ2n) is 4.30. The first-order valence-corrected chi connectivity index (χ1v) is 6.98. The van der Waals surface area contributed by atoms with Gasteiger partial charge in [0.2, 0.25) is 5.78 Å². The fourth-order valence-electron chi connectivity index (χ4n) is 1.73. The van der Waals surface area contributed by atoms with Gasteiger partial charge >= 0.3 is 5.97 Å². The van der Waals surface area contributed by atoms with Crippen LogP contribution in [0.3, 0.4) is 0 Å². The maximum Gasteiger partial charge on any atom is 0.337 e. The van der Waals surface area contributed by atoms with Crippen molar-refractivity contribution in [3.63, 3.8) is 0 Å². The molecule has 2 aromatic rings. The van der Waals surface area contributed by atoms with Crippen LogP contribution in [-0.4, -0.2) is 26.8 Å².